The molecule has 1 aliphatic heterocycles. The Morgan fingerprint density at radius 2 is 0.864 bits per heavy atom. The van der Waals surface area contributed by atoms with E-state index in [1.54, 1.807) is 0 Å². The van der Waals surface area contributed by atoms with Crippen LogP contribution in [0.25, 0.3) is 76.9 Å². The molecule has 0 N–H and O–H groups in total. The third-order valence-electron chi connectivity index (χ3n) is 14.1. The maximum absolute atomic E-state index is 7.23. The molecule has 0 unspecified atom stereocenters. The van der Waals surface area contributed by atoms with Crippen LogP contribution in [0, 0.1) is 0 Å². The van der Waals surface area contributed by atoms with Gasteiger partial charge in [-0.1, -0.05) is 188 Å². The minimum atomic E-state index is -0.636. The second kappa shape index (κ2) is 14.2. The average molecular weight is 842 g/mol. The first-order valence-electron chi connectivity index (χ1n) is 22.7. The van der Waals surface area contributed by atoms with Crippen molar-refractivity contribution in [1.29, 1.82) is 0 Å². The standard InChI is InChI=1S/C63H39NO2/c1-2-15-40(16-3-1)43-19-12-21-45(37-43)64(47-33-36-59-53(39-47)51-25-9-11-30-58(51)65-59)46-22-13-20-44(38-46)48-27-14-29-55-60(48)52-26-8-10-28-54(52)63(55)56-34-31-41-17-4-6-23-49(41)61(56)66-62-50-24-7-5-18-42(50)32-35-57(62)63/h1-39H. The van der Waals surface area contributed by atoms with Gasteiger partial charge in [0.1, 0.15) is 22.7 Å². The smallest absolute Gasteiger partial charge is 0.140 e. The first kappa shape index (κ1) is 36.8. The van der Waals surface area contributed by atoms with E-state index in [1.807, 2.05) is 12.1 Å². The lowest BCUT2D eigenvalue weighted by molar-refractivity contribution is 0.447. The van der Waals surface area contributed by atoms with Crippen LogP contribution in [0.15, 0.2) is 241 Å². The summed E-state index contributed by atoms with van der Waals surface area (Å²) in [6, 6.07) is 85.8. The zero-order chi connectivity index (χ0) is 43.3. The summed E-state index contributed by atoms with van der Waals surface area (Å²) in [5, 5.41) is 6.73. The fourth-order valence-electron chi connectivity index (χ4n) is 11.3. The maximum Gasteiger partial charge on any atom is 0.140 e. The number of para-hydroxylation sites is 1. The first-order valence-corrected chi connectivity index (χ1v) is 22.7. The van der Waals surface area contributed by atoms with Crippen LogP contribution >= 0.6 is 0 Å². The van der Waals surface area contributed by atoms with Crippen molar-refractivity contribution in [2.45, 2.75) is 5.41 Å². The van der Waals surface area contributed by atoms with Gasteiger partial charge in [0, 0.05) is 49.7 Å². The zero-order valence-corrected chi connectivity index (χ0v) is 35.8. The highest BCUT2D eigenvalue weighted by Gasteiger charge is 2.52. The average Bonchev–Trinajstić information content (AvgIpc) is 3.90. The molecular weight excluding hydrogens is 803 g/mol. The fraction of sp³-hybridized carbons (Fsp3) is 0.0159. The van der Waals surface area contributed by atoms with Gasteiger partial charge in [-0.3, -0.25) is 0 Å². The van der Waals surface area contributed by atoms with Crippen molar-refractivity contribution in [3.05, 3.63) is 259 Å². The summed E-state index contributed by atoms with van der Waals surface area (Å²) in [6.45, 7) is 0. The van der Waals surface area contributed by atoms with E-state index in [-0.39, 0.29) is 0 Å². The molecule has 0 saturated carbocycles. The van der Waals surface area contributed by atoms with E-state index in [2.05, 4.69) is 229 Å². The lowest BCUT2D eigenvalue weighted by Crippen LogP contribution is -2.32. The molecule has 0 saturated heterocycles. The molecule has 14 rings (SSSR count). The third kappa shape index (κ3) is 5.26. The number of anilines is 3. The SMILES string of the molecule is c1ccc(-c2cccc(N(c3cccc(-c4cccc5c4-c4ccccc4C54c5ccc6ccccc6c5Oc5c4ccc4ccccc54)c3)c3ccc4oc5ccccc5c4c3)c2)cc1. The molecule has 66 heavy (non-hydrogen) atoms. The summed E-state index contributed by atoms with van der Waals surface area (Å²) in [5.74, 6) is 1.84. The van der Waals surface area contributed by atoms with Crippen LogP contribution in [0.1, 0.15) is 22.3 Å². The summed E-state index contributed by atoms with van der Waals surface area (Å²) >= 11 is 0. The van der Waals surface area contributed by atoms with E-state index in [0.29, 0.717) is 0 Å². The molecular formula is C63H39NO2. The Hall–Kier alpha value is -8.66. The number of ether oxygens (including phenoxy) is 1. The van der Waals surface area contributed by atoms with E-state index in [0.717, 1.165) is 94.3 Å². The highest BCUT2D eigenvalue weighted by Crippen LogP contribution is 2.65. The van der Waals surface area contributed by atoms with E-state index in [1.165, 1.54) is 33.4 Å². The summed E-state index contributed by atoms with van der Waals surface area (Å²) in [5.41, 5.74) is 16.3. The number of nitrogens with zero attached hydrogens (tertiary/aromatic N) is 1. The largest absolute Gasteiger partial charge is 0.456 e. The minimum Gasteiger partial charge on any atom is -0.456 e. The topological polar surface area (TPSA) is 25.6 Å². The molecule has 0 fully saturated rings. The van der Waals surface area contributed by atoms with Crippen LogP contribution in [0.3, 0.4) is 0 Å². The van der Waals surface area contributed by atoms with Crippen molar-refractivity contribution in [2.24, 2.45) is 0 Å². The highest BCUT2D eigenvalue weighted by molar-refractivity contribution is 6.07. The van der Waals surface area contributed by atoms with E-state index in [4.69, 9.17) is 9.15 Å². The number of furan rings is 1. The van der Waals surface area contributed by atoms with Gasteiger partial charge in [-0.25, -0.2) is 0 Å². The van der Waals surface area contributed by atoms with Crippen molar-refractivity contribution in [3.63, 3.8) is 0 Å². The molecule has 1 aromatic heterocycles. The Bertz CT molecular complexity index is 3850. The van der Waals surface area contributed by atoms with Gasteiger partial charge >= 0.3 is 0 Å². The molecule has 1 aliphatic carbocycles. The van der Waals surface area contributed by atoms with Crippen LogP contribution < -0.4 is 9.64 Å². The van der Waals surface area contributed by atoms with Gasteiger partial charge in [0.05, 0.1) is 5.41 Å². The second-order valence-electron chi connectivity index (χ2n) is 17.5. The Morgan fingerprint density at radius 1 is 0.318 bits per heavy atom. The van der Waals surface area contributed by atoms with Gasteiger partial charge in [-0.15, -0.1) is 0 Å². The van der Waals surface area contributed by atoms with Gasteiger partial charge in [0.2, 0.25) is 0 Å². The highest BCUT2D eigenvalue weighted by atomic mass is 16.5. The quantitative estimate of drug-likeness (QED) is 0.173. The van der Waals surface area contributed by atoms with Crippen molar-refractivity contribution in [3.8, 4) is 44.9 Å². The van der Waals surface area contributed by atoms with Crippen LogP contribution in [-0.4, -0.2) is 0 Å². The van der Waals surface area contributed by atoms with Crippen molar-refractivity contribution >= 4 is 60.5 Å². The molecule has 0 radical (unpaired) electrons. The van der Waals surface area contributed by atoms with Crippen LogP contribution in [0.5, 0.6) is 11.5 Å². The number of fused-ring (bicyclic) bond motifs is 16. The lowest BCUT2D eigenvalue weighted by atomic mass is 9.65. The predicted octanol–water partition coefficient (Wildman–Crippen LogP) is 17.2. The molecule has 12 aromatic rings. The second-order valence-corrected chi connectivity index (χ2v) is 17.5. The molecule has 0 amide bonds. The Labute approximate surface area is 382 Å². The molecule has 1 spiro atoms. The van der Waals surface area contributed by atoms with Gasteiger partial charge in [0.15, 0.2) is 0 Å². The van der Waals surface area contributed by atoms with Crippen molar-refractivity contribution < 1.29 is 9.15 Å². The third-order valence-corrected chi connectivity index (χ3v) is 14.1. The molecule has 2 aliphatic rings. The van der Waals surface area contributed by atoms with Gasteiger partial charge < -0.3 is 14.1 Å². The van der Waals surface area contributed by atoms with Gasteiger partial charge in [0.25, 0.3) is 0 Å². The Kier molecular flexibility index (Phi) is 7.90. The molecule has 11 aromatic carbocycles. The van der Waals surface area contributed by atoms with Crippen molar-refractivity contribution in [1.82, 2.24) is 0 Å². The lowest BCUT2D eigenvalue weighted by Gasteiger charge is -2.40. The normalized spacial score (nSPS) is 13.1. The van der Waals surface area contributed by atoms with Crippen molar-refractivity contribution in [2.75, 3.05) is 4.90 Å². The number of benzene rings is 11. The number of hydrogen-bond donors (Lipinski definition) is 0. The fourth-order valence-corrected chi connectivity index (χ4v) is 11.3. The molecule has 2 heterocycles. The summed E-state index contributed by atoms with van der Waals surface area (Å²) < 4.78 is 13.6. The molecule has 0 bridgehead atoms. The monoisotopic (exact) mass is 841 g/mol. The van der Waals surface area contributed by atoms with Crippen LogP contribution in [-0.2, 0) is 5.41 Å². The predicted molar refractivity (Wildman–Crippen MR) is 272 cm³/mol. The Balaban J connectivity index is 1.01. The number of hydrogen-bond acceptors (Lipinski definition) is 3. The summed E-state index contributed by atoms with van der Waals surface area (Å²) in [4.78, 5) is 2.39. The van der Waals surface area contributed by atoms with Crippen LogP contribution in [0.4, 0.5) is 17.1 Å². The summed E-state index contributed by atoms with van der Waals surface area (Å²) in [7, 11) is 0. The molecule has 3 heteroatoms. The molecule has 308 valence electrons. The maximum atomic E-state index is 7.23. The minimum absolute atomic E-state index is 0.636. The number of rotatable bonds is 5. The Morgan fingerprint density at radius 3 is 1.62 bits per heavy atom. The summed E-state index contributed by atoms with van der Waals surface area (Å²) in [6.07, 6.45) is 0. The van der Waals surface area contributed by atoms with E-state index >= 15 is 0 Å². The van der Waals surface area contributed by atoms with Gasteiger partial charge in [-0.2, -0.15) is 0 Å². The van der Waals surface area contributed by atoms with E-state index in [9.17, 15) is 0 Å². The molecule has 3 nitrogen and oxygen atoms in total. The first-order chi connectivity index (χ1) is 32.7. The zero-order valence-electron chi connectivity index (χ0n) is 35.8. The van der Waals surface area contributed by atoms with Crippen LogP contribution in [0.2, 0.25) is 0 Å². The molecule has 0 atom stereocenters. The van der Waals surface area contributed by atoms with E-state index < -0.39 is 5.41 Å². The van der Waals surface area contributed by atoms with Gasteiger partial charge in [-0.05, 0) is 104 Å².